The number of nitrogens with two attached hydrogens (primary N) is 2. The molecule has 0 aliphatic carbocycles. The van der Waals surface area contributed by atoms with Crippen molar-refractivity contribution in [3.8, 4) is 12.3 Å². The van der Waals surface area contributed by atoms with E-state index >= 15 is 0 Å². The Morgan fingerprint density at radius 1 is 1.58 bits per heavy atom. The molecule has 6 heteroatoms. The summed E-state index contributed by atoms with van der Waals surface area (Å²) in [5.41, 5.74) is 5.34. The molecule has 1 aromatic heterocycles. The molecule has 0 aromatic carbocycles. The van der Waals surface area contributed by atoms with Gasteiger partial charge in [0.1, 0.15) is 0 Å². The van der Waals surface area contributed by atoms with E-state index in [4.69, 9.17) is 18.0 Å². The number of nitrogen functional groups attached to an aromatic ring is 2. The first-order chi connectivity index (χ1) is 5.75. The van der Waals surface area contributed by atoms with Crippen LogP contribution in [0.5, 0.6) is 0 Å². The highest BCUT2D eigenvalue weighted by molar-refractivity contribution is 5.16. The maximum Gasteiger partial charge on any atom is 0.240 e. The molecular formula is C6H10N6. The summed E-state index contributed by atoms with van der Waals surface area (Å²) in [5, 5.41) is 10.2. The van der Waals surface area contributed by atoms with Crippen LogP contribution in [-0.2, 0) is 6.54 Å². The van der Waals surface area contributed by atoms with Gasteiger partial charge in [-0.3, -0.25) is 5.32 Å². The van der Waals surface area contributed by atoms with Crippen LogP contribution < -0.4 is 16.9 Å². The van der Waals surface area contributed by atoms with Gasteiger partial charge in [-0.2, -0.15) is 0 Å². The van der Waals surface area contributed by atoms with Gasteiger partial charge in [0.15, 0.2) is 5.82 Å². The molecular weight excluding hydrogens is 156 g/mol. The largest absolute Gasteiger partial charge is 0.366 e. The summed E-state index contributed by atoms with van der Waals surface area (Å²) >= 11 is 0. The highest BCUT2D eigenvalue weighted by Gasteiger charge is 2.03. The third-order valence-corrected chi connectivity index (χ3v) is 1.30. The van der Waals surface area contributed by atoms with Crippen LogP contribution in [0.2, 0.25) is 0 Å². The Labute approximate surface area is 69.9 Å². The normalized spacial score (nSPS) is 9.58. The van der Waals surface area contributed by atoms with Gasteiger partial charge in [-0.1, -0.05) is 5.92 Å². The minimum absolute atomic E-state index is 0.188. The molecule has 5 N–H and O–H groups in total. The van der Waals surface area contributed by atoms with Crippen molar-refractivity contribution in [2.75, 3.05) is 18.1 Å². The second-order valence-corrected chi connectivity index (χ2v) is 2.15. The van der Waals surface area contributed by atoms with Gasteiger partial charge in [0.2, 0.25) is 5.95 Å². The van der Waals surface area contributed by atoms with Crippen molar-refractivity contribution in [2.24, 2.45) is 0 Å². The van der Waals surface area contributed by atoms with Gasteiger partial charge in [0.25, 0.3) is 0 Å². The van der Waals surface area contributed by atoms with Crippen molar-refractivity contribution in [1.29, 1.82) is 0 Å². The lowest BCUT2D eigenvalue weighted by molar-refractivity contribution is 0.699. The van der Waals surface area contributed by atoms with Crippen molar-refractivity contribution >= 4 is 5.95 Å². The van der Waals surface area contributed by atoms with Gasteiger partial charge in [-0.15, -0.1) is 16.6 Å². The first-order valence-corrected chi connectivity index (χ1v) is 3.34. The Kier molecular flexibility index (Phi) is 2.50. The summed E-state index contributed by atoms with van der Waals surface area (Å²) in [6, 6.07) is 0. The van der Waals surface area contributed by atoms with Crippen LogP contribution >= 0.6 is 0 Å². The van der Waals surface area contributed by atoms with Crippen LogP contribution in [0, 0.1) is 12.3 Å². The molecule has 0 aliphatic rings. The average molecular weight is 166 g/mol. The number of hydrogen-bond donors (Lipinski definition) is 3. The van der Waals surface area contributed by atoms with Crippen LogP contribution in [-0.4, -0.2) is 21.4 Å². The van der Waals surface area contributed by atoms with E-state index < -0.39 is 0 Å². The summed E-state index contributed by atoms with van der Waals surface area (Å²) in [6.45, 7) is 0.928. The highest BCUT2D eigenvalue weighted by Crippen LogP contribution is 1.95. The first-order valence-electron chi connectivity index (χ1n) is 3.34. The van der Waals surface area contributed by atoms with Crippen molar-refractivity contribution in [3.05, 3.63) is 5.82 Å². The molecule has 1 rings (SSSR count). The smallest absolute Gasteiger partial charge is 0.240 e. The molecule has 64 valence electrons. The predicted octanol–water partition coefficient (Wildman–Crippen LogP) is -1.70. The van der Waals surface area contributed by atoms with E-state index in [0.29, 0.717) is 18.9 Å². The first kappa shape index (κ1) is 8.36. The van der Waals surface area contributed by atoms with Crippen LogP contribution in [0.4, 0.5) is 5.95 Å². The van der Waals surface area contributed by atoms with Crippen molar-refractivity contribution < 1.29 is 0 Å². The van der Waals surface area contributed by atoms with Crippen molar-refractivity contribution in [3.63, 3.8) is 0 Å². The quantitative estimate of drug-likeness (QED) is 0.282. The minimum Gasteiger partial charge on any atom is -0.366 e. The van der Waals surface area contributed by atoms with Gasteiger partial charge in [0, 0.05) is 0 Å². The van der Waals surface area contributed by atoms with Crippen LogP contribution in [0.15, 0.2) is 0 Å². The molecule has 1 heterocycles. The maximum absolute atomic E-state index is 5.46. The van der Waals surface area contributed by atoms with Crippen LogP contribution in [0.1, 0.15) is 5.82 Å². The van der Waals surface area contributed by atoms with Gasteiger partial charge < -0.3 is 11.6 Å². The maximum atomic E-state index is 5.46. The molecule has 0 unspecified atom stereocenters. The molecule has 1 aromatic rings. The predicted molar refractivity (Wildman–Crippen MR) is 45.1 cm³/mol. The third kappa shape index (κ3) is 1.65. The lowest BCUT2D eigenvalue weighted by Gasteiger charge is -1.99. The standard InChI is InChI=1S/C6H10N6/c1-2-3-9-4-5-10-11-6(7)12(5)8/h1,9H,3-4,8H2,(H2,7,11). The summed E-state index contributed by atoms with van der Waals surface area (Å²) in [7, 11) is 0. The number of anilines is 1. The summed E-state index contributed by atoms with van der Waals surface area (Å²) < 4.78 is 1.21. The average Bonchev–Trinajstić information content (AvgIpc) is 2.36. The fourth-order valence-electron chi connectivity index (χ4n) is 0.705. The fourth-order valence-corrected chi connectivity index (χ4v) is 0.705. The molecule has 0 bridgehead atoms. The number of terminal acetylenes is 1. The Morgan fingerprint density at radius 3 is 2.83 bits per heavy atom. The molecule has 0 saturated carbocycles. The van der Waals surface area contributed by atoms with Gasteiger partial charge in [-0.05, 0) is 0 Å². The van der Waals surface area contributed by atoms with E-state index in [9.17, 15) is 0 Å². The summed E-state index contributed by atoms with van der Waals surface area (Å²) in [4.78, 5) is 0. The Morgan fingerprint density at radius 2 is 2.33 bits per heavy atom. The fraction of sp³-hybridized carbons (Fsp3) is 0.333. The third-order valence-electron chi connectivity index (χ3n) is 1.30. The highest BCUT2D eigenvalue weighted by atomic mass is 15.4. The Balaban J connectivity index is 2.53. The second kappa shape index (κ2) is 3.59. The van der Waals surface area contributed by atoms with Gasteiger partial charge in [0.05, 0.1) is 13.1 Å². The zero-order valence-corrected chi connectivity index (χ0v) is 6.49. The lowest BCUT2D eigenvalue weighted by atomic mass is 10.5. The Bertz CT molecular complexity index is 295. The SMILES string of the molecule is C#CCNCc1nnc(N)n1N. The minimum atomic E-state index is 0.188. The number of hydrogen-bond acceptors (Lipinski definition) is 5. The monoisotopic (exact) mass is 166 g/mol. The van der Waals surface area contributed by atoms with Crippen LogP contribution in [0.25, 0.3) is 0 Å². The molecule has 0 saturated heterocycles. The molecule has 0 amide bonds. The van der Waals surface area contributed by atoms with Crippen molar-refractivity contribution in [2.45, 2.75) is 6.54 Å². The van der Waals surface area contributed by atoms with E-state index in [1.54, 1.807) is 0 Å². The van der Waals surface area contributed by atoms with Gasteiger partial charge >= 0.3 is 0 Å². The van der Waals surface area contributed by atoms with Crippen molar-refractivity contribution in [1.82, 2.24) is 20.2 Å². The second-order valence-electron chi connectivity index (χ2n) is 2.15. The number of nitrogens with one attached hydrogen (secondary N) is 1. The van der Waals surface area contributed by atoms with Crippen LogP contribution in [0.3, 0.4) is 0 Å². The molecule has 12 heavy (non-hydrogen) atoms. The van der Waals surface area contributed by atoms with Gasteiger partial charge in [-0.25, -0.2) is 4.68 Å². The molecule has 6 nitrogen and oxygen atoms in total. The number of nitrogens with zero attached hydrogens (tertiary/aromatic N) is 3. The molecule has 0 radical (unpaired) electrons. The summed E-state index contributed by atoms with van der Waals surface area (Å²) in [5.74, 6) is 8.63. The van der Waals surface area contributed by atoms with E-state index in [0.717, 1.165) is 0 Å². The molecule has 0 aliphatic heterocycles. The van der Waals surface area contributed by atoms with E-state index in [2.05, 4.69) is 21.4 Å². The zero-order valence-electron chi connectivity index (χ0n) is 6.49. The molecule has 0 spiro atoms. The topological polar surface area (TPSA) is 94.8 Å². The molecule has 0 fully saturated rings. The number of aromatic nitrogens is 3. The van der Waals surface area contributed by atoms with E-state index in [1.807, 2.05) is 0 Å². The Hall–Kier alpha value is -1.74. The zero-order chi connectivity index (χ0) is 8.97. The molecule has 0 atom stereocenters. The van der Waals surface area contributed by atoms with E-state index in [1.165, 1.54) is 4.68 Å². The van der Waals surface area contributed by atoms with E-state index in [-0.39, 0.29) is 5.95 Å². The number of rotatable bonds is 3. The lowest BCUT2D eigenvalue weighted by Crippen LogP contribution is -2.21. The summed E-state index contributed by atoms with van der Waals surface area (Å²) in [6.07, 6.45) is 5.02.